The zero-order valence-electron chi connectivity index (χ0n) is 53.9. The van der Waals surface area contributed by atoms with Crippen molar-refractivity contribution in [3.8, 4) is 0 Å². The van der Waals surface area contributed by atoms with Crippen LogP contribution in [0.25, 0.3) is 65.5 Å². The molecule has 0 bridgehead atoms. The number of nitrogens with one attached hydrogen (secondary N) is 4. The number of halogens is 6. The summed E-state index contributed by atoms with van der Waals surface area (Å²) in [6.45, 7) is 14.7. The smallest absolute Gasteiger partial charge is 0.390 e. The lowest BCUT2D eigenvalue weighted by Crippen LogP contribution is -2.42. The van der Waals surface area contributed by atoms with E-state index in [9.17, 15) is 96.6 Å². The SMILES string of the molecule is CC1(CO)OC(n2cnc3c(=O)[nH]c(F)nc32)C(F)C1O.CC1(CO)OC(n2cnc3c(=O)[nH]c(N)nc32)C(F)C1O.CC1(CO)OC(n2cnc3c(=O)[nH]cnc32)C(F)C1O.[C-]#[N+]C1(CO)OC(n2cnc3c(N)[nH]c(=O)nc32)C(F)C1O.[C-]#[N+]C1(CO)OC(n2cnc3c(N)ncnc32)C(F)C1O. The van der Waals surface area contributed by atoms with Gasteiger partial charge in [-0.05, 0) is 20.8 Å². The van der Waals surface area contributed by atoms with Crippen molar-refractivity contribution >= 4 is 73.4 Å². The third-order valence-corrected chi connectivity index (χ3v) is 17.7. The molecular formula is C55H61F6N25O19. The van der Waals surface area contributed by atoms with Crippen LogP contribution in [0.15, 0.2) is 63.5 Å². The van der Waals surface area contributed by atoms with Gasteiger partial charge in [-0.25, -0.2) is 79.8 Å². The summed E-state index contributed by atoms with van der Waals surface area (Å²) in [6.07, 6.45) is -17.3. The zero-order chi connectivity index (χ0) is 76.5. The summed E-state index contributed by atoms with van der Waals surface area (Å²) < 4.78 is 117. The van der Waals surface area contributed by atoms with Gasteiger partial charge < -0.3 is 87.5 Å². The van der Waals surface area contributed by atoms with E-state index in [0.717, 1.165) is 21.8 Å². The summed E-state index contributed by atoms with van der Waals surface area (Å²) in [6, 6.07) is 0. The van der Waals surface area contributed by atoms with Crippen molar-refractivity contribution in [1.29, 1.82) is 0 Å². The van der Waals surface area contributed by atoms with Crippen molar-refractivity contribution < 1.29 is 101 Å². The number of fused-ring (bicyclic) bond motifs is 5. The predicted octanol–water partition coefficient (Wildman–Crippen LogP) is -5.20. The number of aromatic amines is 4. The predicted molar refractivity (Wildman–Crippen MR) is 336 cm³/mol. The maximum Gasteiger partial charge on any atom is 0.390 e. The topological polar surface area (TPSA) is 633 Å². The fraction of sp³-hybridized carbons (Fsp3) is 0.509. The average molecular weight is 1490 g/mol. The number of anilines is 3. The van der Waals surface area contributed by atoms with E-state index >= 15 is 0 Å². The molecule has 15 rings (SSSR count). The molecule has 10 aromatic heterocycles. The number of aliphatic hydroxyl groups excluding tert-OH is 10. The molecule has 5 aliphatic heterocycles. The lowest BCUT2D eigenvalue weighted by Gasteiger charge is -2.24. The van der Waals surface area contributed by atoms with Crippen LogP contribution in [0.1, 0.15) is 51.9 Å². The van der Waals surface area contributed by atoms with Crippen LogP contribution in [0.4, 0.5) is 43.9 Å². The Balaban J connectivity index is 0.000000131. The second kappa shape index (κ2) is 28.4. The van der Waals surface area contributed by atoms with Crippen molar-refractivity contribution in [3.63, 3.8) is 0 Å². The van der Waals surface area contributed by atoms with Crippen molar-refractivity contribution in [2.75, 3.05) is 50.2 Å². The van der Waals surface area contributed by atoms with Gasteiger partial charge in [-0.1, -0.05) is 0 Å². The molecule has 0 spiro atoms. The Hall–Kier alpha value is -10.7. The molecule has 5 aliphatic rings. The van der Waals surface area contributed by atoms with Crippen LogP contribution < -0.4 is 39.6 Å². The molecule has 562 valence electrons. The van der Waals surface area contributed by atoms with Gasteiger partial charge in [0.25, 0.3) is 22.8 Å². The number of nitrogens with zero attached hydrogens (tertiary/aromatic N) is 18. The Morgan fingerprint density at radius 3 is 1.23 bits per heavy atom. The number of nitrogens with two attached hydrogens (primary N) is 3. The molecule has 0 aromatic carbocycles. The highest BCUT2D eigenvalue weighted by Crippen LogP contribution is 2.45. The van der Waals surface area contributed by atoms with Gasteiger partial charge in [0, 0.05) is 0 Å². The molecule has 44 nitrogen and oxygen atoms in total. The highest BCUT2D eigenvalue weighted by atomic mass is 19.2. The highest BCUT2D eigenvalue weighted by Gasteiger charge is 2.64. The van der Waals surface area contributed by atoms with Crippen LogP contribution >= 0.6 is 0 Å². The van der Waals surface area contributed by atoms with Gasteiger partial charge in [-0.2, -0.15) is 19.3 Å². The van der Waals surface area contributed by atoms with Gasteiger partial charge in [-0.3, -0.25) is 71.3 Å². The normalized spacial score (nSPS) is 32.7. The molecule has 0 amide bonds. The second-order valence-electron chi connectivity index (χ2n) is 24.5. The maximum atomic E-state index is 14.3. The van der Waals surface area contributed by atoms with E-state index in [2.05, 4.69) is 79.5 Å². The Morgan fingerprint density at radius 2 is 0.819 bits per heavy atom. The third kappa shape index (κ3) is 12.8. The largest absolute Gasteiger partial charge is 0.393 e. The molecular weight excluding hydrogens is 1430 g/mol. The fourth-order valence-electron chi connectivity index (χ4n) is 11.6. The molecule has 5 saturated heterocycles. The third-order valence-electron chi connectivity index (χ3n) is 17.7. The van der Waals surface area contributed by atoms with Crippen LogP contribution in [0.3, 0.4) is 0 Å². The summed E-state index contributed by atoms with van der Waals surface area (Å²) in [7, 11) is 0. The lowest BCUT2D eigenvalue weighted by atomic mass is 9.99. The van der Waals surface area contributed by atoms with Crippen LogP contribution in [0.2, 0.25) is 0 Å². The summed E-state index contributed by atoms with van der Waals surface area (Å²) >= 11 is 0. The number of hydrogen-bond donors (Lipinski definition) is 17. The van der Waals surface area contributed by atoms with E-state index in [1.165, 1.54) is 66.1 Å². The van der Waals surface area contributed by atoms with E-state index < -0.39 is 182 Å². The Kier molecular flexibility index (Phi) is 20.4. The van der Waals surface area contributed by atoms with Crippen molar-refractivity contribution in [2.24, 2.45) is 0 Å². The number of H-pyrrole nitrogens is 4. The van der Waals surface area contributed by atoms with Crippen LogP contribution in [0, 0.1) is 19.2 Å². The number of hydrogen-bond acceptors (Lipinski definition) is 33. The lowest BCUT2D eigenvalue weighted by molar-refractivity contribution is -0.115. The second-order valence-corrected chi connectivity index (χ2v) is 24.5. The molecule has 20 unspecified atom stereocenters. The molecule has 50 heteroatoms. The van der Waals surface area contributed by atoms with Gasteiger partial charge in [0.2, 0.25) is 5.95 Å². The number of aliphatic hydroxyl groups is 10. The summed E-state index contributed by atoms with van der Waals surface area (Å²) in [5, 5.41) is 95.4. The summed E-state index contributed by atoms with van der Waals surface area (Å²) in [4.78, 5) is 103. The summed E-state index contributed by atoms with van der Waals surface area (Å²) in [5.74, 6) is -0.0827. The van der Waals surface area contributed by atoms with E-state index in [-0.39, 0.29) is 73.4 Å². The highest BCUT2D eigenvalue weighted by molar-refractivity contribution is 5.82. The quantitative estimate of drug-likeness (QED) is 0.0346. The van der Waals surface area contributed by atoms with Gasteiger partial charge in [-0.15, -0.1) is 0 Å². The van der Waals surface area contributed by atoms with Crippen molar-refractivity contribution in [1.82, 2.24) is 97.6 Å². The first-order chi connectivity index (χ1) is 49.7. The monoisotopic (exact) mass is 1490 g/mol. The van der Waals surface area contributed by atoms with Gasteiger partial charge in [0.05, 0.1) is 57.8 Å². The van der Waals surface area contributed by atoms with Crippen LogP contribution in [-0.2, 0) is 23.7 Å². The van der Waals surface area contributed by atoms with Crippen LogP contribution in [0.5, 0.6) is 0 Å². The fourth-order valence-corrected chi connectivity index (χ4v) is 11.6. The van der Waals surface area contributed by atoms with Crippen molar-refractivity contribution in [2.45, 2.75) is 142 Å². The summed E-state index contributed by atoms with van der Waals surface area (Å²) in [5.41, 5.74) is 5.92. The maximum absolute atomic E-state index is 14.3. The average Bonchev–Trinajstić information content (AvgIpc) is 1.62. The van der Waals surface area contributed by atoms with E-state index in [1.807, 2.05) is 4.98 Å². The molecule has 0 saturated carbocycles. The number of imidazole rings is 5. The minimum atomic E-state index is -2.12. The number of rotatable bonds is 10. The zero-order valence-corrected chi connectivity index (χ0v) is 53.9. The van der Waals surface area contributed by atoms with Crippen molar-refractivity contribution in [3.05, 3.63) is 115 Å². The Labute approximate surface area is 577 Å². The molecule has 20 N–H and O–H groups in total. The molecule has 20 atom stereocenters. The van der Waals surface area contributed by atoms with E-state index in [4.69, 9.17) is 54.0 Å². The molecule has 5 fully saturated rings. The Bertz CT molecular complexity index is 5100. The molecule has 0 radical (unpaired) electrons. The van der Waals surface area contributed by atoms with Crippen LogP contribution in [-0.4, -0.2) is 271 Å². The van der Waals surface area contributed by atoms with Gasteiger partial charge in [0.1, 0.15) is 58.3 Å². The standard InChI is InChI=1S/C11H12F2N4O4.C11H11FN6O4.C11H11FN6O3.C11H14FN5O4.C11H13FN4O4/c1-11(2-18)6(19)4(12)9(21-11)17-3-14-5-7(17)15-10(13)16-8(5)20;1-14-11(2-19)6(20)4(12)9(22-11)18-3-15-5-7(13)16-10(21)17-8(5)18;1-14-11(2-19)7(20)5(12)10(21-11)18-4-17-6-8(13)15-3-16-9(6)18;1-11(2-18)6(19)4(12)9(21-11)17-3-14-5-7(17)15-10(13)16-8(5)20;1-11(2-17)7(18)5(12)10(20-11)16-4-15-6-8(16)13-3-14-9(6)19/h3-4,6,9,18-19H,2H2,1H3,(H,15,16,20);3-4,6,9,19-20H,2H2,(H3,13,16,17,21);3-5,7,10,19-20H,2H2,(H2,13,15,16);3-4,6,9,18-19H,2H2,1H3,(H3,13,15,16,20);3-5,7,10,17-18H,2H2,1H3,(H,13,14,19). The van der Waals surface area contributed by atoms with E-state index in [1.54, 1.807) is 0 Å². The minimum Gasteiger partial charge on any atom is -0.393 e. The molecule has 10 aromatic rings. The number of alkyl halides is 5. The first-order valence-electron chi connectivity index (χ1n) is 30.4. The van der Waals surface area contributed by atoms with Gasteiger partial charge in [0.15, 0.2) is 138 Å². The number of aromatic nitrogens is 20. The number of nitrogen functional groups attached to an aromatic ring is 3. The Morgan fingerprint density at radius 1 is 0.457 bits per heavy atom. The minimum absolute atomic E-state index is 0.0212. The first-order valence-corrected chi connectivity index (χ1v) is 30.4. The molecule has 15 heterocycles. The molecule has 105 heavy (non-hydrogen) atoms. The molecule has 0 aliphatic carbocycles. The first kappa shape index (κ1) is 75.5. The van der Waals surface area contributed by atoms with Gasteiger partial charge >= 0.3 is 17.1 Å². The van der Waals surface area contributed by atoms with E-state index in [0.29, 0.717) is 0 Å². The number of ether oxygens (including phenoxy) is 5.